The van der Waals surface area contributed by atoms with Gasteiger partial charge in [-0.3, -0.25) is 4.79 Å². The van der Waals surface area contributed by atoms with Gasteiger partial charge in [0, 0.05) is 13.5 Å². The topological polar surface area (TPSA) is 65.0 Å². The van der Waals surface area contributed by atoms with E-state index in [2.05, 4.69) is 0 Å². The van der Waals surface area contributed by atoms with Crippen LogP contribution in [0.1, 0.15) is 31.7 Å². The number of carbonyl (C=O) groups excluding carboxylic acids is 1. The van der Waals surface area contributed by atoms with Crippen molar-refractivity contribution in [2.75, 3.05) is 20.3 Å². The molecule has 1 aromatic rings. The van der Waals surface area contributed by atoms with E-state index in [0.717, 1.165) is 24.2 Å². The molecular weight excluding hydrogens is 272 g/mol. The van der Waals surface area contributed by atoms with Crippen molar-refractivity contribution in [1.82, 2.24) is 0 Å². The van der Waals surface area contributed by atoms with E-state index in [1.54, 1.807) is 7.11 Å². The minimum absolute atomic E-state index is 0.133. The van der Waals surface area contributed by atoms with E-state index >= 15 is 0 Å². The second-order valence-corrected chi connectivity index (χ2v) is 4.81. The van der Waals surface area contributed by atoms with Crippen LogP contribution in [0.3, 0.4) is 0 Å². The second-order valence-electron chi connectivity index (χ2n) is 4.81. The van der Waals surface area contributed by atoms with E-state index in [0.29, 0.717) is 19.6 Å². The quantitative estimate of drug-likeness (QED) is 0.530. The number of esters is 1. The second kappa shape index (κ2) is 10.2. The molecule has 0 saturated carbocycles. The normalized spacial score (nSPS) is 12.0. The number of methoxy groups -OCH3 is 1. The Morgan fingerprint density at radius 2 is 1.95 bits per heavy atom. The highest BCUT2D eigenvalue weighted by Crippen LogP contribution is 2.12. The predicted octanol–water partition coefficient (Wildman–Crippen LogP) is 2.31. The van der Waals surface area contributed by atoms with Crippen molar-refractivity contribution >= 4 is 5.97 Å². The summed E-state index contributed by atoms with van der Waals surface area (Å²) in [6.45, 7) is 2.43. The lowest BCUT2D eigenvalue weighted by Crippen LogP contribution is -2.20. The van der Waals surface area contributed by atoms with E-state index in [-0.39, 0.29) is 12.6 Å². The fourth-order valence-electron chi connectivity index (χ4n) is 1.91. The highest BCUT2D eigenvalue weighted by atomic mass is 16.5. The number of rotatable bonds is 10. The van der Waals surface area contributed by atoms with Crippen molar-refractivity contribution in [2.45, 2.75) is 38.9 Å². The van der Waals surface area contributed by atoms with Gasteiger partial charge in [0.05, 0.1) is 20.3 Å². The number of hydrogen-bond acceptors (Lipinski definition) is 5. The van der Waals surface area contributed by atoms with Gasteiger partial charge in [-0.15, -0.1) is 0 Å². The summed E-state index contributed by atoms with van der Waals surface area (Å²) in [5.41, 5.74) is 1.10. The maximum Gasteiger partial charge on any atom is 0.302 e. The summed E-state index contributed by atoms with van der Waals surface area (Å²) < 4.78 is 15.6. The molecule has 0 radical (unpaired) electrons. The third-order valence-corrected chi connectivity index (χ3v) is 3.03. The Kier molecular flexibility index (Phi) is 8.47. The minimum Gasteiger partial charge on any atom is -0.497 e. The molecule has 1 atom stereocenters. The van der Waals surface area contributed by atoms with Crippen molar-refractivity contribution in [3.63, 3.8) is 0 Å². The van der Waals surface area contributed by atoms with Crippen molar-refractivity contribution in [2.24, 2.45) is 0 Å². The number of hydrogen-bond donors (Lipinski definition) is 1. The van der Waals surface area contributed by atoms with Crippen LogP contribution < -0.4 is 4.74 Å². The fraction of sp³-hybridized carbons (Fsp3) is 0.562. The fourth-order valence-corrected chi connectivity index (χ4v) is 1.91. The molecule has 118 valence electrons. The van der Waals surface area contributed by atoms with Crippen LogP contribution >= 0.6 is 0 Å². The summed E-state index contributed by atoms with van der Waals surface area (Å²) in [7, 11) is 1.64. The molecule has 5 nitrogen and oxygen atoms in total. The number of benzene rings is 1. The van der Waals surface area contributed by atoms with Crippen LogP contribution in [0.25, 0.3) is 0 Å². The standard InChI is InChI=1S/C16H24O5/c1-13(18)21-16(11-17)5-3-4-10-20-12-14-6-8-15(19-2)9-7-14/h6-9,16-17H,3-5,10-12H2,1-2H3. The molecule has 1 unspecified atom stereocenters. The first-order chi connectivity index (χ1) is 10.2. The summed E-state index contributed by atoms with van der Waals surface area (Å²) >= 11 is 0. The molecule has 0 aliphatic carbocycles. The van der Waals surface area contributed by atoms with Crippen LogP contribution in [0.15, 0.2) is 24.3 Å². The van der Waals surface area contributed by atoms with Crippen LogP contribution in [-0.4, -0.2) is 37.5 Å². The molecule has 0 bridgehead atoms. The monoisotopic (exact) mass is 296 g/mol. The first-order valence-electron chi connectivity index (χ1n) is 7.14. The highest BCUT2D eigenvalue weighted by Gasteiger charge is 2.09. The third kappa shape index (κ3) is 7.68. The zero-order chi connectivity index (χ0) is 15.5. The van der Waals surface area contributed by atoms with Crippen molar-refractivity contribution in [3.8, 4) is 5.75 Å². The van der Waals surface area contributed by atoms with Crippen molar-refractivity contribution in [1.29, 1.82) is 0 Å². The molecule has 0 saturated heterocycles. The molecule has 0 aliphatic rings. The van der Waals surface area contributed by atoms with Gasteiger partial charge in [-0.25, -0.2) is 0 Å². The molecule has 21 heavy (non-hydrogen) atoms. The molecule has 1 rings (SSSR count). The predicted molar refractivity (Wildman–Crippen MR) is 79.1 cm³/mol. The van der Waals surface area contributed by atoms with Crippen molar-refractivity contribution < 1.29 is 24.1 Å². The van der Waals surface area contributed by atoms with Gasteiger partial charge in [-0.1, -0.05) is 12.1 Å². The molecule has 0 aromatic heterocycles. The Morgan fingerprint density at radius 1 is 1.24 bits per heavy atom. The highest BCUT2D eigenvalue weighted by molar-refractivity contribution is 5.66. The molecule has 0 fully saturated rings. The minimum atomic E-state index is -0.399. The molecule has 0 spiro atoms. The van der Waals surface area contributed by atoms with Crippen LogP contribution in [-0.2, 0) is 20.9 Å². The molecule has 1 aromatic carbocycles. The summed E-state index contributed by atoms with van der Waals surface area (Å²) in [5, 5.41) is 9.05. The van der Waals surface area contributed by atoms with Crippen LogP contribution in [0.2, 0.25) is 0 Å². The summed E-state index contributed by atoms with van der Waals surface area (Å²) in [6.07, 6.45) is 1.97. The number of aliphatic hydroxyl groups excluding tert-OH is 1. The summed E-state index contributed by atoms with van der Waals surface area (Å²) in [5.74, 6) is 0.476. The van der Waals surface area contributed by atoms with Crippen LogP contribution in [0.5, 0.6) is 5.75 Å². The maximum absolute atomic E-state index is 10.8. The molecule has 5 heteroatoms. The molecule has 0 amide bonds. The Hall–Kier alpha value is -1.59. The zero-order valence-electron chi connectivity index (χ0n) is 12.7. The molecule has 1 N–H and O–H groups in total. The van der Waals surface area contributed by atoms with E-state index < -0.39 is 6.10 Å². The van der Waals surface area contributed by atoms with E-state index in [1.165, 1.54) is 6.92 Å². The first kappa shape index (κ1) is 17.5. The lowest BCUT2D eigenvalue weighted by Gasteiger charge is -2.13. The van der Waals surface area contributed by atoms with Gasteiger partial charge < -0.3 is 19.3 Å². The lowest BCUT2D eigenvalue weighted by atomic mass is 10.1. The average Bonchev–Trinajstić information content (AvgIpc) is 2.49. The maximum atomic E-state index is 10.8. The van der Waals surface area contributed by atoms with Gasteiger partial charge in [0.25, 0.3) is 0 Å². The smallest absolute Gasteiger partial charge is 0.302 e. The SMILES string of the molecule is COc1ccc(COCCCCC(CO)OC(C)=O)cc1. The van der Waals surface area contributed by atoms with Gasteiger partial charge in [-0.05, 0) is 37.0 Å². The Balaban J connectivity index is 2.09. The largest absolute Gasteiger partial charge is 0.497 e. The zero-order valence-corrected chi connectivity index (χ0v) is 12.7. The lowest BCUT2D eigenvalue weighted by molar-refractivity contribution is -0.148. The molecule has 0 aliphatic heterocycles. The van der Waals surface area contributed by atoms with E-state index in [9.17, 15) is 4.79 Å². The first-order valence-corrected chi connectivity index (χ1v) is 7.14. The Morgan fingerprint density at radius 3 is 2.52 bits per heavy atom. The van der Waals surface area contributed by atoms with E-state index in [1.807, 2.05) is 24.3 Å². The third-order valence-electron chi connectivity index (χ3n) is 3.03. The van der Waals surface area contributed by atoms with Gasteiger partial charge in [0.1, 0.15) is 11.9 Å². The average molecular weight is 296 g/mol. The van der Waals surface area contributed by atoms with Crippen LogP contribution in [0, 0.1) is 0 Å². The number of ether oxygens (including phenoxy) is 3. The Bertz CT molecular complexity index is 402. The number of carbonyl (C=O) groups is 1. The molecular formula is C16H24O5. The van der Waals surface area contributed by atoms with E-state index in [4.69, 9.17) is 19.3 Å². The van der Waals surface area contributed by atoms with Gasteiger partial charge >= 0.3 is 5.97 Å². The van der Waals surface area contributed by atoms with Gasteiger partial charge in [0.2, 0.25) is 0 Å². The van der Waals surface area contributed by atoms with Crippen LogP contribution in [0.4, 0.5) is 0 Å². The summed E-state index contributed by atoms with van der Waals surface area (Å²) in [6, 6.07) is 7.76. The molecule has 0 heterocycles. The Labute approximate surface area is 125 Å². The van der Waals surface area contributed by atoms with Crippen molar-refractivity contribution in [3.05, 3.63) is 29.8 Å². The number of unbranched alkanes of at least 4 members (excludes halogenated alkanes) is 1. The van der Waals surface area contributed by atoms with Gasteiger partial charge in [-0.2, -0.15) is 0 Å². The van der Waals surface area contributed by atoms with Gasteiger partial charge in [0.15, 0.2) is 0 Å². The summed E-state index contributed by atoms with van der Waals surface area (Å²) in [4.78, 5) is 10.8. The number of aliphatic hydroxyl groups is 1.